The number of rotatable bonds is 4. The van der Waals surface area contributed by atoms with Crippen molar-refractivity contribution in [1.29, 1.82) is 0 Å². The Hall–Kier alpha value is -2.05. The number of alkyl halides is 3. The molecule has 0 saturated heterocycles. The molecule has 1 amide bonds. The van der Waals surface area contributed by atoms with Gasteiger partial charge in [0.1, 0.15) is 6.04 Å². The maximum Gasteiger partial charge on any atom is 0.416 e. The smallest absolute Gasteiger partial charge is 0.416 e. The van der Waals surface area contributed by atoms with Crippen molar-refractivity contribution >= 4 is 11.9 Å². The molecule has 0 fully saturated rings. The zero-order chi connectivity index (χ0) is 16.7. The molecule has 1 aliphatic heterocycles. The predicted molar refractivity (Wildman–Crippen MR) is 72.2 cm³/mol. The molecule has 4 nitrogen and oxygen atoms in total. The Morgan fingerprint density at radius 3 is 2.50 bits per heavy atom. The van der Waals surface area contributed by atoms with Gasteiger partial charge >= 0.3 is 12.1 Å². The van der Waals surface area contributed by atoms with Gasteiger partial charge in [0.2, 0.25) is 0 Å². The van der Waals surface area contributed by atoms with Gasteiger partial charge in [-0.15, -0.1) is 0 Å². The van der Waals surface area contributed by atoms with Gasteiger partial charge in [-0.2, -0.15) is 13.2 Å². The minimum atomic E-state index is -4.57. The summed E-state index contributed by atoms with van der Waals surface area (Å²) in [4.78, 5) is 24.7. The highest BCUT2D eigenvalue weighted by Crippen LogP contribution is 2.38. The van der Waals surface area contributed by atoms with Crippen LogP contribution in [0.3, 0.4) is 0 Å². The standard InChI is InChI=1S/C15H16F3NO3/c1-8(2)6-12(14(21)22)19-7-10-9(13(19)20)4-3-5-11(10)15(16,17)18/h3-5,8,12H,6-7H2,1-2H3,(H,21,22). The van der Waals surface area contributed by atoms with Crippen molar-refractivity contribution in [2.45, 2.75) is 39.0 Å². The van der Waals surface area contributed by atoms with Gasteiger partial charge in [-0.3, -0.25) is 4.79 Å². The summed E-state index contributed by atoms with van der Waals surface area (Å²) >= 11 is 0. The van der Waals surface area contributed by atoms with Crippen molar-refractivity contribution in [2.24, 2.45) is 5.92 Å². The third-order valence-corrected chi connectivity index (χ3v) is 3.66. The number of hydrogen-bond donors (Lipinski definition) is 1. The molecule has 1 aliphatic rings. The third kappa shape index (κ3) is 2.93. The highest BCUT2D eigenvalue weighted by atomic mass is 19.4. The summed E-state index contributed by atoms with van der Waals surface area (Å²) in [6.45, 7) is 3.27. The molecule has 0 saturated carbocycles. The van der Waals surface area contributed by atoms with E-state index in [2.05, 4.69) is 0 Å². The average molecular weight is 315 g/mol. The van der Waals surface area contributed by atoms with E-state index in [1.807, 2.05) is 0 Å². The number of hydrogen-bond acceptors (Lipinski definition) is 2. The minimum Gasteiger partial charge on any atom is -0.480 e. The van der Waals surface area contributed by atoms with Gasteiger partial charge < -0.3 is 10.0 Å². The van der Waals surface area contributed by atoms with Crippen molar-refractivity contribution in [3.63, 3.8) is 0 Å². The van der Waals surface area contributed by atoms with Crippen molar-refractivity contribution in [1.82, 2.24) is 4.90 Å². The first-order chi connectivity index (χ1) is 10.1. The molecule has 1 heterocycles. The fraction of sp³-hybridized carbons (Fsp3) is 0.467. The molecule has 1 aromatic carbocycles. The number of carboxylic acids is 1. The van der Waals surface area contributed by atoms with Crippen LogP contribution in [0.25, 0.3) is 0 Å². The molecule has 1 unspecified atom stereocenters. The van der Waals surface area contributed by atoms with E-state index < -0.39 is 29.7 Å². The number of carboxylic acid groups (broad SMARTS) is 1. The first-order valence-electron chi connectivity index (χ1n) is 6.85. The summed E-state index contributed by atoms with van der Waals surface area (Å²) in [6.07, 6.45) is -4.38. The summed E-state index contributed by atoms with van der Waals surface area (Å²) in [5.41, 5.74) is -1.09. The molecule has 2 rings (SSSR count). The normalized spacial score (nSPS) is 16.1. The van der Waals surface area contributed by atoms with E-state index >= 15 is 0 Å². The Bertz CT molecular complexity index is 611. The lowest BCUT2D eigenvalue weighted by molar-refractivity contribution is -0.143. The molecule has 0 bridgehead atoms. The third-order valence-electron chi connectivity index (χ3n) is 3.66. The maximum atomic E-state index is 13.0. The van der Waals surface area contributed by atoms with Crippen molar-refractivity contribution in [3.8, 4) is 0 Å². The molecule has 120 valence electrons. The minimum absolute atomic E-state index is 0.000279. The number of carbonyl (C=O) groups is 2. The number of nitrogens with zero attached hydrogens (tertiary/aromatic N) is 1. The first kappa shape index (κ1) is 16.3. The van der Waals surface area contributed by atoms with Crippen LogP contribution in [0.5, 0.6) is 0 Å². The van der Waals surface area contributed by atoms with Gasteiger partial charge in [-0.05, 0) is 30.0 Å². The van der Waals surface area contributed by atoms with Gasteiger partial charge in [-0.1, -0.05) is 19.9 Å². The Morgan fingerprint density at radius 1 is 1.36 bits per heavy atom. The predicted octanol–water partition coefficient (Wildman–Crippen LogP) is 3.16. The van der Waals surface area contributed by atoms with E-state index in [-0.39, 0.29) is 30.0 Å². The summed E-state index contributed by atoms with van der Waals surface area (Å²) in [5, 5.41) is 9.29. The lowest BCUT2D eigenvalue weighted by Crippen LogP contribution is -2.42. The second kappa shape index (κ2) is 5.62. The fourth-order valence-electron chi connectivity index (χ4n) is 2.68. The van der Waals surface area contributed by atoms with Crippen LogP contribution >= 0.6 is 0 Å². The number of fused-ring (bicyclic) bond motifs is 1. The van der Waals surface area contributed by atoms with Crippen molar-refractivity contribution < 1.29 is 27.9 Å². The van der Waals surface area contributed by atoms with Gasteiger partial charge in [0.15, 0.2) is 0 Å². The zero-order valence-corrected chi connectivity index (χ0v) is 12.1. The van der Waals surface area contributed by atoms with Crippen molar-refractivity contribution in [3.05, 3.63) is 34.9 Å². The van der Waals surface area contributed by atoms with Gasteiger partial charge in [0, 0.05) is 12.1 Å². The van der Waals surface area contributed by atoms with Crippen LogP contribution in [0.4, 0.5) is 13.2 Å². The largest absolute Gasteiger partial charge is 0.480 e. The SMILES string of the molecule is CC(C)CC(C(=O)O)N1Cc2c(cccc2C(F)(F)F)C1=O. The Kier molecular flexibility index (Phi) is 4.17. The molecular formula is C15H16F3NO3. The van der Waals surface area contributed by atoms with Gasteiger partial charge in [0.25, 0.3) is 5.91 Å². The van der Waals surface area contributed by atoms with Crippen LogP contribution in [0.15, 0.2) is 18.2 Å². The fourth-order valence-corrected chi connectivity index (χ4v) is 2.68. The molecule has 1 atom stereocenters. The van der Waals surface area contributed by atoms with Crippen LogP contribution in [0.2, 0.25) is 0 Å². The summed E-state index contributed by atoms with van der Waals surface area (Å²) in [5.74, 6) is -1.86. The van der Waals surface area contributed by atoms with E-state index in [0.29, 0.717) is 0 Å². The lowest BCUT2D eigenvalue weighted by atomic mass is 10.0. The summed E-state index contributed by atoms with van der Waals surface area (Å²) < 4.78 is 39.1. The van der Waals surface area contributed by atoms with Crippen LogP contribution in [0, 0.1) is 5.92 Å². The highest BCUT2D eigenvalue weighted by Gasteiger charge is 2.42. The first-order valence-corrected chi connectivity index (χ1v) is 6.85. The monoisotopic (exact) mass is 315 g/mol. The number of halogens is 3. The van der Waals surface area contributed by atoms with E-state index in [4.69, 9.17) is 0 Å². The average Bonchev–Trinajstić information content (AvgIpc) is 2.72. The number of amides is 1. The second-order valence-corrected chi connectivity index (χ2v) is 5.75. The lowest BCUT2D eigenvalue weighted by Gasteiger charge is -2.25. The van der Waals surface area contributed by atoms with Gasteiger partial charge in [0.05, 0.1) is 5.56 Å². The Labute approximate surface area is 125 Å². The molecule has 1 N–H and O–H groups in total. The van der Waals surface area contributed by atoms with E-state index in [9.17, 15) is 27.9 Å². The molecule has 0 radical (unpaired) electrons. The van der Waals surface area contributed by atoms with Crippen LogP contribution in [-0.2, 0) is 17.5 Å². The number of benzene rings is 1. The molecule has 1 aromatic rings. The number of carbonyl (C=O) groups excluding carboxylic acids is 1. The molecule has 0 spiro atoms. The molecule has 22 heavy (non-hydrogen) atoms. The van der Waals surface area contributed by atoms with Crippen LogP contribution in [0.1, 0.15) is 41.8 Å². The Morgan fingerprint density at radius 2 is 2.00 bits per heavy atom. The summed E-state index contributed by atoms with van der Waals surface area (Å²) in [7, 11) is 0. The second-order valence-electron chi connectivity index (χ2n) is 5.75. The van der Waals surface area contributed by atoms with Crippen LogP contribution < -0.4 is 0 Å². The molecule has 7 heteroatoms. The van der Waals surface area contributed by atoms with E-state index in [1.54, 1.807) is 13.8 Å². The molecule has 0 aliphatic carbocycles. The van der Waals surface area contributed by atoms with E-state index in [1.165, 1.54) is 12.1 Å². The Balaban J connectivity index is 2.41. The quantitative estimate of drug-likeness (QED) is 0.928. The molecule has 0 aromatic heterocycles. The topological polar surface area (TPSA) is 57.6 Å². The van der Waals surface area contributed by atoms with Crippen molar-refractivity contribution in [2.75, 3.05) is 0 Å². The van der Waals surface area contributed by atoms with E-state index in [0.717, 1.165) is 11.0 Å². The number of aliphatic carboxylic acids is 1. The van der Waals surface area contributed by atoms with Crippen LogP contribution in [-0.4, -0.2) is 27.9 Å². The zero-order valence-electron chi connectivity index (χ0n) is 12.1. The highest BCUT2D eigenvalue weighted by molar-refractivity contribution is 6.00. The maximum absolute atomic E-state index is 13.0. The summed E-state index contributed by atoms with van der Waals surface area (Å²) in [6, 6.07) is 2.26. The molecular weight excluding hydrogens is 299 g/mol. The van der Waals surface area contributed by atoms with Gasteiger partial charge in [-0.25, -0.2) is 4.79 Å².